The number of rotatable bonds is 0. The van der Waals surface area contributed by atoms with E-state index in [-0.39, 0.29) is 0 Å². The molecule has 3 heteroatoms. The zero-order valence-electron chi connectivity index (χ0n) is 9.96. The number of aromatic amines is 1. The Morgan fingerprint density at radius 3 is 2.81 bits per heavy atom. The lowest BCUT2D eigenvalue weighted by Gasteiger charge is -2.21. The van der Waals surface area contributed by atoms with E-state index in [0.717, 1.165) is 19.5 Å². The highest BCUT2D eigenvalue weighted by atomic mass is 31.0. The van der Waals surface area contributed by atoms with Gasteiger partial charge in [0.25, 0.3) is 0 Å². The molecule has 3 rings (SSSR count). The fourth-order valence-corrected chi connectivity index (χ4v) is 2.50. The second-order valence-electron chi connectivity index (χ2n) is 3.85. The van der Waals surface area contributed by atoms with Gasteiger partial charge in [-0.05, 0) is 11.6 Å². The molecular formula is C13H19N2P. The Bertz CT molecular complexity index is 476. The van der Waals surface area contributed by atoms with E-state index in [0.29, 0.717) is 0 Å². The lowest BCUT2D eigenvalue weighted by molar-refractivity contribution is 0.443. The van der Waals surface area contributed by atoms with Crippen molar-refractivity contribution in [3.63, 3.8) is 0 Å². The molecule has 1 aromatic heterocycles. The molecule has 86 valence electrons. The van der Waals surface area contributed by atoms with Crippen LogP contribution in [0.5, 0.6) is 0 Å². The number of H-pyrrole nitrogens is 1. The van der Waals surface area contributed by atoms with Crippen LogP contribution < -0.4 is 0 Å². The van der Waals surface area contributed by atoms with Gasteiger partial charge in [0.15, 0.2) is 0 Å². The zero-order chi connectivity index (χ0) is 11.5. The van der Waals surface area contributed by atoms with Crippen molar-refractivity contribution in [3.05, 3.63) is 35.5 Å². The van der Waals surface area contributed by atoms with Crippen molar-refractivity contribution < 1.29 is 0 Å². The molecule has 0 fully saturated rings. The third-order valence-electron chi connectivity index (χ3n) is 2.91. The van der Waals surface area contributed by atoms with Gasteiger partial charge in [-0.1, -0.05) is 41.4 Å². The van der Waals surface area contributed by atoms with Crippen LogP contribution in [-0.4, -0.2) is 16.2 Å². The summed E-state index contributed by atoms with van der Waals surface area (Å²) in [6, 6.07) is 8.55. The molecule has 1 atom stereocenters. The van der Waals surface area contributed by atoms with Gasteiger partial charge in [0.1, 0.15) is 0 Å². The second kappa shape index (κ2) is 4.99. The number of nitrogens with one attached hydrogen (secondary N) is 1. The first-order valence-corrected chi connectivity index (χ1v) is 6.44. The summed E-state index contributed by atoms with van der Waals surface area (Å²) < 4.78 is 2.29. The van der Waals surface area contributed by atoms with Crippen molar-refractivity contribution in [1.82, 2.24) is 9.65 Å². The van der Waals surface area contributed by atoms with Crippen molar-refractivity contribution in [1.29, 1.82) is 0 Å². The summed E-state index contributed by atoms with van der Waals surface area (Å²) in [7, 11) is 2.79. The van der Waals surface area contributed by atoms with Crippen LogP contribution in [0.15, 0.2) is 24.3 Å². The van der Waals surface area contributed by atoms with Crippen LogP contribution in [0.3, 0.4) is 0 Å². The number of para-hydroxylation sites is 1. The molecule has 2 heterocycles. The molecule has 1 N–H and O–H groups in total. The first-order chi connectivity index (χ1) is 7.84. The van der Waals surface area contributed by atoms with E-state index < -0.39 is 0 Å². The predicted octanol–water partition coefficient (Wildman–Crippen LogP) is 3.34. The molecule has 0 amide bonds. The van der Waals surface area contributed by atoms with E-state index >= 15 is 0 Å². The third-order valence-corrected chi connectivity index (χ3v) is 3.35. The molecule has 1 aliphatic rings. The highest BCUT2D eigenvalue weighted by molar-refractivity contribution is 7.13. The topological polar surface area (TPSA) is 19.0 Å². The number of hydrogen-bond donors (Lipinski definition) is 1. The van der Waals surface area contributed by atoms with Crippen molar-refractivity contribution in [3.8, 4) is 0 Å². The Hall–Kier alpha value is -0.850. The smallest absolute Gasteiger partial charge is 0.0459 e. The largest absolute Gasteiger partial charge is 0.358 e. The standard InChI is InChI=1S/C11H13N2P.C2H6/c14-13-6-5-11-9(7-13)8-3-1-2-4-10(8)12-11;1-2/h1-4,12H,5-7,14H2;1-2H3. The average molecular weight is 234 g/mol. The lowest BCUT2D eigenvalue weighted by atomic mass is 10.1. The molecule has 0 spiro atoms. The normalized spacial score (nSPS) is 15.4. The molecule has 2 aromatic rings. The fourth-order valence-electron chi connectivity index (χ4n) is 2.19. The minimum atomic E-state index is 1.05. The number of aromatic nitrogens is 1. The van der Waals surface area contributed by atoms with Gasteiger partial charge in [0.05, 0.1) is 0 Å². The van der Waals surface area contributed by atoms with Gasteiger partial charge in [0.2, 0.25) is 0 Å². The summed E-state index contributed by atoms with van der Waals surface area (Å²) in [5, 5.41) is 1.38. The first-order valence-electron chi connectivity index (χ1n) is 5.93. The molecule has 0 radical (unpaired) electrons. The molecule has 0 bridgehead atoms. The predicted molar refractivity (Wildman–Crippen MR) is 73.5 cm³/mol. The molecule has 2 nitrogen and oxygen atoms in total. The second-order valence-corrected chi connectivity index (χ2v) is 4.58. The Labute approximate surface area is 99.3 Å². The molecule has 1 aromatic carbocycles. The summed E-state index contributed by atoms with van der Waals surface area (Å²) in [4.78, 5) is 3.50. The quantitative estimate of drug-likeness (QED) is 0.693. The van der Waals surface area contributed by atoms with E-state index in [4.69, 9.17) is 0 Å². The summed E-state index contributed by atoms with van der Waals surface area (Å²) in [5.41, 5.74) is 4.17. The highest BCUT2D eigenvalue weighted by Crippen LogP contribution is 2.28. The molecule has 1 unspecified atom stereocenters. The van der Waals surface area contributed by atoms with Gasteiger partial charge >= 0.3 is 0 Å². The highest BCUT2D eigenvalue weighted by Gasteiger charge is 2.17. The van der Waals surface area contributed by atoms with Crippen molar-refractivity contribution in [2.24, 2.45) is 0 Å². The summed E-state index contributed by atoms with van der Waals surface area (Å²) in [5.74, 6) is 0. The van der Waals surface area contributed by atoms with E-state index in [2.05, 4.69) is 43.3 Å². The third kappa shape index (κ3) is 2.00. The first kappa shape index (κ1) is 11.6. The molecule has 0 saturated heterocycles. The van der Waals surface area contributed by atoms with E-state index in [1.165, 1.54) is 22.2 Å². The minimum absolute atomic E-state index is 1.05. The van der Waals surface area contributed by atoms with E-state index in [1.54, 1.807) is 0 Å². The molecule has 0 saturated carbocycles. The van der Waals surface area contributed by atoms with Gasteiger partial charge in [-0.3, -0.25) is 4.67 Å². The van der Waals surface area contributed by atoms with Crippen LogP contribution in [0.1, 0.15) is 25.1 Å². The molecule has 16 heavy (non-hydrogen) atoms. The fraction of sp³-hybridized carbons (Fsp3) is 0.385. The monoisotopic (exact) mass is 234 g/mol. The van der Waals surface area contributed by atoms with Gasteiger partial charge in [-0.25, -0.2) is 0 Å². The Morgan fingerprint density at radius 2 is 2.00 bits per heavy atom. The van der Waals surface area contributed by atoms with Crippen LogP contribution in [0.2, 0.25) is 0 Å². The molecular weight excluding hydrogens is 215 g/mol. The summed E-state index contributed by atoms with van der Waals surface area (Å²) >= 11 is 0. The van der Waals surface area contributed by atoms with E-state index in [1.807, 2.05) is 13.8 Å². The van der Waals surface area contributed by atoms with Crippen LogP contribution in [0.25, 0.3) is 10.9 Å². The maximum absolute atomic E-state index is 3.50. The van der Waals surface area contributed by atoms with Crippen molar-refractivity contribution in [2.45, 2.75) is 26.8 Å². The molecule has 0 aliphatic carbocycles. The van der Waals surface area contributed by atoms with Crippen LogP contribution >= 0.6 is 9.39 Å². The van der Waals surface area contributed by atoms with Crippen molar-refractivity contribution in [2.75, 3.05) is 6.54 Å². The molecule has 1 aliphatic heterocycles. The zero-order valence-corrected chi connectivity index (χ0v) is 11.1. The van der Waals surface area contributed by atoms with Crippen LogP contribution in [0, 0.1) is 0 Å². The van der Waals surface area contributed by atoms with Crippen LogP contribution in [-0.2, 0) is 13.0 Å². The van der Waals surface area contributed by atoms with Crippen LogP contribution in [0.4, 0.5) is 0 Å². The van der Waals surface area contributed by atoms with Crippen molar-refractivity contribution >= 4 is 20.3 Å². The van der Waals surface area contributed by atoms with Gasteiger partial charge < -0.3 is 4.98 Å². The minimum Gasteiger partial charge on any atom is -0.358 e. The Kier molecular flexibility index (Phi) is 3.63. The van der Waals surface area contributed by atoms with Gasteiger partial charge in [-0.15, -0.1) is 0 Å². The van der Waals surface area contributed by atoms with E-state index in [9.17, 15) is 0 Å². The number of nitrogens with zero attached hydrogens (tertiary/aromatic N) is 1. The maximum Gasteiger partial charge on any atom is 0.0459 e. The summed E-state index contributed by atoms with van der Waals surface area (Å²) in [6.07, 6.45) is 1.13. The number of fused-ring (bicyclic) bond motifs is 3. The van der Waals surface area contributed by atoms with Gasteiger partial charge in [-0.2, -0.15) is 0 Å². The maximum atomic E-state index is 3.50. The average Bonchev–Trinajstić information content (AvgIpc) is 2.70. The Morgan fingerprint density at radius 1 is 1.25 bits per heavy atom. The van der Waals surface area contributed by atoms with Gasteiger partial charge in [0, 0.05) is 36.1 Å². The lowest BCUT2D eigenvalue weighted by Crippen LogP contribution is -2.20. The SMILES string of the molecule is CC.PN1CCc2[nH]c3ccccc3c2C1. The Balaban J connectivity index is 0.000000457. The number of benzene rings is 1. The number of hydrogen-bond acceptors (Lipinski definition) is 1. The summed E-state index contributed by atoms with van der Waals surface area (Å²) in [6.45, 7) is 6.18.